The quantitative estimate of drug-likeness (QED) is 0.141. The summed E-state index contributed by atoms with van der Waals surface area (Å²) in [6, 6.07) is 16.9. The molecule has 9 nitrogen and oxygen atoms in total. The first kappa shape index (κ1) is 29.9. The number of nitrogens with zero attached hydrogens (tertiary/aromatic N) is 2. The minimum Gasteiger partial charge on any atom is -0.456 e. The summed E-state index contributed by atoms with van der Waals surface area (Å²) in [7, 11) is 0. The van der Waals surface area contributed by atoms with E-state index in [0.717, 1.165) is 9.77 Å². The Labute approximate surface area is 255 Å². The van der Waals surface area contributed by atoms with E-state index >= 15 is 0 Å². The van der Waals surface area contributed by atoms with E-state index in [1.165, 1.54) is 69.6 Å². The molecule has 1 unspecified atom stereocenters. The number of hydrogen-bond acceptors (Lipinski definition) is 9. The summed E-state index contributed by atoms with van der Waals surface area (Å²) in [5.74, 6) is -0.819. The van der Waals surface area contributed by atoms with Crippen molar-refractivity contribution in [2.75, 3.05) is 5.75 Å². The first-order valence-electron chi connectivity index (χ1n) is 13.2. The highest BCUT2D eigenvalue weighted by molar-refractivity contribution is 8.06. The molecule has 0 aliphatic carbocycles. The summed E-state index contributed by atoms with van der Waals surface area (Å²) in [5.41, 5.74) is 1.86. The molecular formula is C30H29N3O6S3. The average molecular weight is 624 g/mol. The highest BCUT2D eigenvalue weighted by atomic mass is 32.2. The molecule has 3 aromatic rings. The number of non-ortho nitro benzene ring substituents is 1. The lowest BCUT2D eigenvalue weighted by Gasteiger charge is -2.49. The van der Waals surface area contributed by atoms with Crippen molar-refractivity contribution in [3.63, 3.8) is 0 Å². The van der Waals surface area contributed by atoms with Crippen molar-refractivity contribution in [1.29, 1.82) is 0 Å². The molecule has 42 heavy (non-hydrogen) atoms. The molecule has 2 aliphatic heterocycles. The zero-order chi connectivity index (χ0) is 30.0. The van der Waals surface area contributed by atoms with Crippen LogP contribution in [0, 0.1) is 10.1 Å². The Hall–Kier alpha value is -3.61. The van der Waals surface area contributed by atoms with Gasteiger partial charge in [0, 0.05) is 32.6 Å². The fraction of sp³-hybridized carbons (Fsp3) is 0.300. The van der Waals surface area contributed by atoms with Gasteiger partial charge in [-0.1, -0.05) is 50.7 Å². The second-order valence-corrected chi connectivity index (χ2v) is 14.2. The summed E-state index contributed by atoms with van der Waals surface area (Å²) in [5, 5.41) is 15.3. The van der Waals surface area contributed by atoms with E-state index in [1.54, 1.807) is 0 Å². The molecule has 5 rings (SSSR count). The lowest BCUT2D eigenvalue weighted by atomic mass is 9.87. The van der Waals surface area contributed by atoms with Gasteiger partial charge < -0.3 is 10.1 Å². The summed E-state index contributed by atoms with van der Waals surface area (Å²) in [6.45, 7) is 6.30. The monoisotopic (exact) mass is 623 g/mol. The molecule has 218 valence electrons. The van der Waals surface area contributed by atoms with Crippen molar-refractivity contribution >= 4 is 58.3 Å². The number of β-lactam (4-membered cyclic amide) rings is 1. The Morgan fingerprint density at radius 3 is 2.45 bits per heavy atom. The average Bonchev–Trinajstić information content (AvgIpc) is 3.47. The number of thiophene rings is 1. The van der Waals surface area contributed by atoms with Crippen LogP contribution in [-0.4, -0.2) is 44.8 Å². The number of nitro benzene ring substituents is 1. The van der Waals surface area contributed by atoms with Crippen molar-refractivity contribution < 1.29 is 24.0 Å². The number of thioether (sulfide) groups is 2. The Kier molecular flexibility index (Phi) is 8.76. The van der Waals surface area contributed by atoms with Gasteiger partial charge in [-0.2, -0.15) is 0 Å². The van der Waals surface area contributed by atoms with Gasteiger partial charge in [0.2, 0.25) is 5.91 Å². The van der Waals surface area contributed by atoms with E-state index in [9.17, 15) is 24.5 Å². The first-order valence-corrected chi connectivity index (χ1v) is 15.9. The van der Waals surface area contributed by atoms with E-state index in [0.29, 0.717) is 16.2 Å². The highest BCUT2D eigenvalue weighted by Crippen LogP contribution is 2.45. The molecular weight excluding hydrogens is 595 g/mol. The number of amides is 2. The Bertz CT molecular complexity index is 1530. The number of carbonyl (C=O) groups is 3. The fourth-order valence-corrected chi connectivity index (χ4v) is 7.72. The maximum atomic E-state index is 13.5. The number of rotatable bonds is 9. The fourth-order valence-electron chi connectivity index (χ4n) is 4.55. The van der Waals surface area contributed by atoms with E-state index < -0.39 is 22.3 Å². The van der Waals surface area contributed by atoms with Crippen LogP contribution in [0.1, 0.15) is 36.8 Å². The molecule has 1 saturated heterocycles. The molecule has 2 amide bonds. The molecule has 0 saturated carbocycles. The first-order chi connectivity index (χ1) is 20.0. The van der Waals surface area contributed by atoms with Crippen molar-refractivity contribution in [1.82, 2.24) is 10.2 Å². The van der Waals surface area contributed by atoms with Crippen LogP contribution in [0.2, 0.25) is 0 Å². The predicted octanol–water partition coefficient (Wildman–Crippen LogP) is 5.64. The van der Waals surface area contributed by atoms with Gasteiger partial charge in [0.05, 0.1) is 11.3 Å². The number of ether oxygens (including phenoxy) is 1. The second-order valence-electron chi connectivity index (χ2n) is 10.9. The van der Waals surface area contributed by atoms with Gasteiger partial charge in [-0.15, -0.1) is 23.1 Å². The Morgan fingerprint density at radius 2 is 1.83 bits per heavy atom. The Morgan fingerprint density at radius 1 is 1.12 bits per heavy atom. The molecule has 12 heteroatoms. The van der Waals surface area contributed by atoms with Gasteiger partial charge in [0.25, 0.3) is 11.6 Å². The van der Waals surface area contributed by atoms with Crippen molar-refractivity contribution in [3.05, 3.63) is 103 Å². The normalized spacial score (nSPS) is 18.3. The summed E-state index contributed by atoms with van der Waals surface area (Å²) < 4.78 is 5.62. The molecule has 3 heterocycles. The number of hydrogen-bond donors (Lipinski definition) is 1. The number of nitrogens with one attached hydrogen (secondary N) is 1. The third-order valence-electron chi connectivity index (χ3n) is 6.84. The van der Waals surface area contributed by atoms with Crippen LogP contribution in [-0.2, 0) is 37.6 Å². The van der Waals surface area contributed by atoms with Gasteiger partial charge in [0.1, 0.15) is 23.7 Å². The molecule has 0 radical (unpaired) electrons. The standard InChI is InChI=1S/C30H29N3O6S3/c1-30(2,3)19-8-12-21(13-9-19)42-23-17-41-28-25(31-24(34)15-22-5-4-14-40-22)27(35)32(28)26(23)29(36)39-16-18-6-10-20(11-7-18)33(37)38/h4-14,25,28H,15-17H2,1-3H3,(H,31,34)/t25?,28-/m0/s1. The van der Waals surface area contributed by atoms with Crippen LogP contribution in [0.25, 0.3) is 0 Å². The van der Waals surface area contributed by atoms with Gasteiger partial charge in [0.15, 0.2) is 0 Å². The van der Waals surface area contributed by atoms with Crippen LogP contribution in [0.4, 0.5) is 5.69 Å². The second kappa shape index (κ2) is 12.3. The van der Waals surface area contributed by atoms with E-state index in [2.05, 4.69) is 38.2 Å². The summed E-state index contributed by atoms with van der Waals surface area (Å²) in [4.78, 5) is 53.9. The highest BCUT2D eigenvalue weighted by Gasteiger charge is 2.54. The molecule has 2 aliphatic rings. The number of carbonyl (C=O) groups excluding carboxylic acids is 3. The molecule has 2 atom stereocenters. The lowest BCUT2D eigenvalue weighted by molar-refractivity contribution is -0.384. The molecule has 1 N–H and O–H groups in total. The third-order valence-corrected chi connectivity index (χ3v) is 10.3. The van der Waals surface area contributed by atoms with Crippen molar-refractivity contribution in [2.24, 2.45) is 0 Å². The van der Waals surface area contributed by atoms with Crippen LogP contribution >= 0.6 is 34.9 Å². The lowest BCUT2D eigenvalue weighted by Crippen LogP contribution is -2.70. The Balaban J connectivity index is 1.35. The minimum atomic E-state index is -0.738. The maximum absolute atomic E-state index is 13.5. The largest absolute Gasteiger partial charge is 0.456 e. The molecule has 0 bridgehead atoms. The van der Waals surface area contributed by atoms with Gasteiger partial charge in [-0.3, -0.25) is 24.6 Å². The molecule has 1 aromatic heterocycles. The predicted molar refractivity (Wildman–Crippen MR) is 164 cm³/mol. The number of fused-ring (bicyclic) bond motifs is 1. The minimum absolute atomic E-state index is 0.00376. The van der Waals surface area contributed by atoms with Crippen LogP contribution in [0.15, 0.2) is 81.5 Å². The van der Waals surface area contributed by atoms with Crippen LogP contribution in [0.5, 0.6) is 0 Å². The van der Waals surface area contributed by atoms with E-state index in [4.69, 9.17) is 4.74 Å². The van der Waals surface area contributed by atoms with E-state index in [1.807, 2.05) is 29.6 Å². The van der Waals surface area contributed by atoms with Crippen molar-refractivity contribution in [2.45, 2.75) is 55.5 Å². The third kappa shape index (κ3) is 6.55. The topological polar surface area (TPSA) is 119 Å². The number of nitro groups is 1. The van der Waals surface area contributed by atoms with E-state index in [-0.39, 0.29) is 41.6 Å². The summed E-state index contributed by atoms with van der Waals surface area (Å²) in [6.07, 6.45) is 0.185. The SMILES string of the molecule is CC(C)(C)c1ccc(SC2=C(C(=O)OCc3ccc([N+](=O)[O-])cc3)N3C(=O)C(NC(=O)Cc4cccs4)[C@@H]3SC2)cc1. The molecule has 0 spiro atoms. The zero-order valence-corrected chi connectivity index (χ0v) is 25.6. The maximum Gasteiger partial charge on any atom is 0.356 e. The smallest absolute Gasteiger partial charge is 0.356 e. The van der Waals surface area contributed by atoms with Gasteiger partial charge in [-0.05, 0) is 52.3 Å². The zero-order valence-electron chi connectivity index (χ0n) is 23.2. The van der Waals surface area contributed by atoms with Crippen LogP contribution in [0.3, 0.4) is 0 Å². The molecule has 1 fully saturated rings. The van der Waals surface area contributed by atoms with Gasteiger partial charge in [-0.25, -0.2) is 4.79 Å². The number of benzene rings is 2. The number of esters is 1. The summed E-state index contributed by atoms with van der Waals surface area (Å²) >= 11 is 4.38. The van der Waals surface area contributed by atoms with Crippen LogP contribution < -0.4 is 5.32 Å². The van der Waals surface area contributed by atoms with Gasteiger partial charge >= 0.3 is 5.97 Å². The molecule has 2 aromatic carbocycles. The van der Waals surface area contributed by atoms with Crippen molar-refractivity contribution in [3.8, 4) is 0 Å².